The highest BCUT2D eigenvalue weighted by Crippen LogP contribution is 2.34. The van der Waals surface area contributed by atoms with E-state index in [9.17, 15) is 9.59 Å². The quantitative estimate of drug-likeness (QED) is 0.820. The molecule has 1 aromatic rings. The summed E-state index contributed by atoms with van der Waals surface area (Å²) in [5.41, 5.74) is 0. The molecule has 0 spiro atoms. The van der Waals surface area contributed by atoms with E-state index in [1.807, 2.05) is 10.3 Å². The Hall–Kier alpha value is -1.47. The van der Waals surface area contributed by atoms with Crippen molar-refractivity contribution in [1.29, 1.82) is 0 Å². The lowest BCUT2D eigenvalue weighted by molar-refractivity contribution is -0.139. The van der Waals surface area contributed by atoms with Crippen LogP contribution in [0, 0.1) is 5.92 Å². The maximum Gasteiger partial charge on any atom is 0.228 e. The molecule has 2 aliphatic rings. The van der Waals surface area contributed by atoms with Crippen LogP contribution in [0.25, 0.3) is 0 Å². The Morgan fingerprint density at radius 1 is 1.48 bits per heavy atom. The van der Waals surface area contributed by atoms with Crippen LogP contribution < -0.4 is 0 Å². The van der Waals surface area contributed by atoms with Gasteiger partial charge in [0.15, 0.2) is 0 Å². The summed E-state index contributed by atoms with van der Waals surface area (Å²) in [5, 5.41) is 2.97. The van der Waals surface area contributed by atoms with E-state index < -0.39 is 0 Å². The van der Waals surface area contributed by atoms with E-state index in [1.165, 1.54) is 0 Å². The van der Waals surface area contributed by atoms with Gasteiger partial charge in [-0.05, 0) is 19.3 Å². The monoisotopic (exact) mass is 337 g/mol. The molecule has 2 saturated heterocycles. The van der Waals surface area contributed by atoms with Crippen molar-refractivity contribution in [2.75, 3.05) is 33.4 Å². The third kappa shape index (κ3) is 3.55. The van der Waals surface area contributed by atoms with Crippen LogP contribution >= 0.6 is 11.3 Å². The third-order valence-corrected chi connectivity index (χ3v) is 5.53. The van der Waals surface area contributed by atoms with Gasteiger partial charge in [0.25, 0.3) is 0 Å². The summed E-state index contributed by atoms with van der Waals surface area (Å²) in [7, 11) is 1.62. The first-order valence-corrected chi connectivity index (χ1v) is 9.05. The standard InChI is InChI=1S/C16H23N3O3S/c1-22-8-7-18-11-12(10-14(18)20)16(21)19-6-3-2-4-13(19)15-17-5-9-23-15/h5,9,12-13H,2-4,6-8,10-11H2,1H3. The molecule has 1 aromatic heterocycles. The fraction of sp³-hybridized carbons (Fsp3) is 0.688. The molecule has 2 amide bonds. The van der Waals surface area contributed by atoms with Crippen LogP contribution in [-0.2, 0) is 14.3 Å². The number of carbonyl (C=O) groups is 2. The molecule has 2 fully saturated rings. The normalized spacial score (nSPS) is 25.2. The molecule has 126 valence electrons. The number of rotatable bonds is 5. The molecule has 7 heteroatoms. The first-order valence-electron chi connectivity index (χ1n) is 8.17. The molecule has 6 nitrogen and oxygen atoms in total. The number of carbonyl (C=O) groups excluding carboxylic acids is 2. The lowest BCUT2D eigenvalue weighted by Gasteiger charge is -2.36. The minimum absolute atomic E-state index is 0.0585. The largest absolute Gasteiger partial charge is 0.383 e. The average Bonchev–Trinajstić information content (AvgIpc) is 3.22. The number of aromatic nitrogens is 1. The Kier molecular flexibility index (Phi) is 5.27. The highest BCUT2D eigenvalue weighted by Gasteiger charge is 2.39. The van der Waals surface area contributed by atoms with Crippen molar-refractivity contribution in [3.8, 4) is 0 Å². The Balaban J connectivity index is 1.68. The van der Waals surface area contributed by atoms with E-state index >= 15 is 0 Å². The second kappa shape index (κ2) is 7.40. The van der Waals surface area contributed by atoms with Gasteiger partial charge in [-0.3, -0.25) is 9.59 Å². The fourth-order valence-corrected chi connectivity index (χ4v) is 4.23. The predicted molar refractivity (Wildman–Crippen MR) is 87.0 cm³/mol. The topological polar surface area (TPSA) is 62.7 Å². The van der Waals surface area contributed by atoms with Gasteiger partial charge in [-0.25, -0.2) is 4.98 Å². The molecule has 0 radical (unpaired) electrons. The van der Waals surface area contributed by atoms with Gasteiger partial charge >= 0.3 is 0 Å². The van der Waals surface area contributed by atoms with Crippen LogP contribution in [0.5, 0.6) is 0 Å². The smallest absolute Gasteiger partial charge is 0.228 e. The average molecular weight is 337 g/mol. The van der Waals surface area contributed by atoms with Crippen LogP contribution in [0.15, 0.2) is 11.6 Å². The molecular formula is C16H23N3O3S. The molecule has 2 aliphatic heterocycles. The molecule has 0 bridgehead atoms. The molecular weight excluding hydrogens is 314 g/mol. The van der Waals surface area contributed by atoms with Gasteiger partial charge in [0, 0.05) is 44.7 Å². The van der Waals surface area contributed by atoms with Crippen molar-refractivity contribution in [3.63, 3.8) is 0 Å². The Morgan fingerprint density at radius 3 is 3.09 bits per heavy atom. The van der Waals surface area contributed by atoms with Crippen molar-refractivity contribution < 1.29 is 14.3 Å². The minimum Gasteiger partial charge on any atom is -0.383 e. The van der Waals surface area contributed by atoms with Crippen molar-refractivity contribution in [2.24, 2.45) is 5.92 Å². The van der Waals surface area contributed by atoms with Crippen molar-refractivity contribution in [3.05, 3.63) is 16.6 Å². The van der Waals surface area contributed by atoms with E-state index in [2.05, 4.69) is 4.98 Å². The molecule has 2 atom stereocenters. The van der Waals surface area contributed by atoms with Crippen LogP contribution in [0.2, 0.25) is 0 Å². The molecule has 2 unspecified atom stereocenters. The van der Waals surface area contributed by atoms with E-state index in [0.29, 0.717) is 26.1 Å². The minimum atomic E-state index is -0.222. The molecule has 3 heterocycles. The number of nitrogens with zero attached hydrogens (tertiary/aromatic N) is 3. The second-order valence-electron chi connectivity index (χ2n) is 6.15. The van der Waals surface area contributed by atoms with Crippen molar-refractivity contribution in [1.82, 2.24) is 14.8 Å². The number of methoxy groups -OCH3 is 1. The molecule has 0 aliphatic carbocycles. The summed E-state index contributed by atoms with van der Waals surface area (Å²) in [5.74, 6) is -0.0544. The highest BCUT2D eigenvalue weighted by atomic mass is 32.1. The molecule has 0 aromatic carbocycles. The Labute approximate surface area is 140 Å². The first kappa shape index (κ1) is 16.4. The van der Waals surface area contributed by atoms with E-state index in [0.717, 1.165) is 30.8 Å². The zero-order valence-corrected chi connectivity index (χ0v) is 14.3. The fourth-order valence-electron chi connectivity index (χ4n) is 3.44. The number of piperidine rings is 1. The van der Waals surface area contributed by atoms with E-state index in [-0.39, 0.29) is 23.8 Å². The number of amides is 2. The summed E-state index contributed by atoms with van der Waals surface area (Å²) in [6.45, 7) is 2.36. The van der Waals surface area contributed by atoms with Gasteiger partial charge in [0.1, 0.15) is 5.01 Å². The lowest BCUT2D eigenvalue weighted by atomic mass is 9.99. The summed E-state index contributed by atoms with van der Waals surface area (Å²) < 4.78 is 5.03. The summed E-state index contributed by atoms with van der Waals surface area (Å²) in [4.78, 5) is 33.1. The molecule has 23 heavy (non-hydrogen) atoms. The van der Waals surface area contributed by atoms with Gasteiger partial charge in [0.05, 0.1) is 18.6 Å². The van der Waals surface area contributed by atoms with Crippen LogP contribution in [0.1, 0.15) is 36.7 Å². The zero-order valence-electron chi connectivity index (χ0n) is 13.4. The predicted octanol–water partition coefficient (Wildman–Crippen LogP) is 1.69. The maximum atomic E-state index is 13.0. The van der Waals surface area contributed by atoms with Crippen LogP contribution in [0.4, 0.5) is 0 Å². The number of thiazole rings is 1. The van der Waals surface area contributed by atoms with Crippen molar-refractivity contribution >= 4 is 23.2 Å². The number of ether oxygens (including phenoxy) is 1. The molecule has 0 N–H and O–H groups in total. The van der Waals surface area contributed by atoms with Gasteiger partial charge in [-0.2, -0.15) is 0 Å². The maximum absolute atomic E-state index is 13.0. The van der Waals surface area contributed by atoms with Gasteiger partial charge in [-0.15, -0.1) is 11.3 Å². The highest BCUT2D eigenvalue weighted by molar-refractivity contribution is 7.09. The first-order chi connectivity index (χ1) is 11.2. The third-order valence-electron chi connectivity index (χ3n) is 4.65. The SMILES string of the molecule is COCCN1CC(C(=O)N2CCCCC2c2nccs2)CC1=O. The summed E-state index contributed by atoms with van der Waals surface area (Å²) in [6, 6.07) is 0.0828. The number of hydrogen-bond donors (Lipinski definition) is 0. The Bertz CT molecular complexity index is 549. The van der Waals surface area contributed by atoms with Gasteiger partial charge < -0.3 is 14.5 Å². The van der Waals surface area contributed by atoms with Crippen molar-refractivity contribution in [2.45, 2.75) is 31.7 Å². The van der Waals surface area contributed by atoms with E-state index in [1.54, 1.807) is 29.5 Å². The van der Waals surface area contributed by atoms with Crippen LogP contribution in [-0.4, -0.2) is 59.9 Å². The molecule has 3 rings (SSSR count). The number of hydrogen-bond acceptors (Lipinski definition) is 5. The van der Waals surface area contributed by atoms with Gasteiger partial charge in [-0.1, -0.05) is 0 Å². The summed E-state index contributed by atoms with van der Waals surface area (Å²) in [6.07, 6.45) is 5.24. The molecule has 0 saturated carbocycles. The van der Waals surface area contributed by atoms with E-state index in [4.69, 9.17) is 4.74 Å². The Morgan fingerprint density at radius 2 is 2.35 bits per heavy atom. The zero-order chi connectivity index (χ0) is 16.2. The number of likely N-dealkylation sites (tertiary alicyclic amines) is 2. The second-order valence-corrected chi connectivity index (χ2v) is 7.07. The van der Waals surface area contributed by atoms with Crippen LogP contribution in [0.3, 0.4) is 0 Å². The lowest BCUT2D eigenvalue weighted by Crippen LogP contribution is -2.42. The summed E-state index contributed by atoms with van der Waals surface area (Å²) >= 11 is 1.61. The van der Waals surface area contributed by atoms with Gasteiger partial charge in [0.2, 0.25) is 11.8 Å².